The van der Waals surface area contributed by atoms with Gasteiger partial charge in [0, 0.05) is 26.0 Å². The van der Waals surface area contributed by atoms with E-state index in [1.807, 2.05) is 11.6 Å². The summed E-state index contributed by atoms with van der Waals surface area (Å²) in [6.45, 7) is -0.0129. The van der Waals surface area contributed by atoms with Crippen molar-refractivity contribution in [2.45, 2.75) is 25.1 Å². The molecule has 2 atom stereocenters. The van der Waals surface area contributed by atoms with Gasteiger partial charge in [0.25, 0.3) is 0 Å². The number of rotatable bonds is 1. The third-order valence-corrected chi connectivity index (χ3v) is 3.05. The van der Waals surface area contributed by atoms with Gasteiger partial charge in [-0.05, 0) is 12.8 Å². The minimum absolute atomic E-state index is 0.0129. The second-order valence-corrected chi connectivity index (χ2v) is 4.17. The van der Waals surface area contributed by atoms with Gasteiger partial charge in [-0.25, -0.2) is 4.98 Å². The summed E-state index contributed by atoms with van der Waals surface area (Å²) in [5, 5.41) is 2.92. The molecule has 0 aliphatic carbocycles. The minimum atomic E-state index is -4.08. The van der Waals surface area contributed by atoms with Gasteiger partial charge < -0.3 is 9.88 Å². The van der Waals surface area contributed by atoms with E-state index >= 15 is 0 Å². The molecule has 1 aromatic rings. The molecule has 2 rings (SSSR count). The van der Waals surface area contributed by atoms with Crippen molar-refractivity contribution in [1.82, 2.24) is 14.9 Å². The second-order valence-electron chi connectivity index (χ2n) is 4.17. The maximum Gasteiger partial charge on any atom is 0.393 e. The maximum atomic E-state index is 12.4. The molecule has 0 saturated carbocycles. The lowest BCUT2D eigenvalue weighted by Crippen LogP contribution is -2.40. The largest absolute Gasteiger partial charge is 0.393 e. The predicted octanol–water partition coefficient (Wildman–Crippen LogP) is 2.02. The van der Waals surface area contributed by atoms with E-state index in [-0.39, 0.29) is 19.0 Å². The van der Waals surface area contributed by atoms with Gasteiger partial charge in [0.1, 0.15) is 5.82 Å². The molecule has 1 saturated heterocycles. The van der Waals surface area contributed by atoms with Crippen LogP contribution in [0.4, 0.5) is 13.2 Å². The number of hydrogen-bond donors (Lipinski definition) is 1. The fourth-order valence-corrected chi connectivity index (χ4v) is 2.07. The summed E-state index contributed by atoms with van der Waals surface area (Å²) < 4.78 is 39.1. The molecule has 1 fully saturated rings. The van der Waals surface area contributed by atoms with E-state index in [0.717, 1.165) is 5.82 Å². The van der Waals surface area contributed by atoms with Crippen LogP contribution >= 0.6 is 0 Å². The van der Waals surface area contributed by atoms with Crippen molar-refractivity contribution in [1.29, 1.82) is 0 Å². The van der Waals surface area contributed by atoms with Gasteiger partial charge in [-0.15, -0.1) is 0 Å². The summed E-state index contributed by atoms with van der Waals surface area (Å²) >= 11 is 0. The Hall–Kier alpha value is -1.04. The van der Waals surface area contributed by atoms with Crippen LogP contribution in [0.1, 0.15) is 24.7 Å². The molecule has 0 bridgehead atoms. The van der Waals surface area contributed by atoms with Crippen LogP contribution in [0.3, 0.4) is 0 Å². The van der Waals surface area contributed by atoms with Crippen molar-refractivity contribution in [2.24, 2.45) is 13.0 Å². The molecular formula is C10H14F3N3. The number of hydrogen-bond acceptors (Lipinski definition) is 2. The van der Waals surface area contributed by atoms with E-state index in [4.69, 9.17) is 0 Å². The molecule has 0 spiro atoms. The summed E-state index contributed by atoms with van der Waals surface area (Å²) in [6, 6.07) is -0.0569. The molecule has 3 nitrogen and oxygen atoms in total. The van der Waals surface area contributed by atoms with Crippen molar-refractivity contribution >= 4 is 0 Å². The Morgan fingerprint density at radius 1 is 1.44 bits per heavy atom. The van der Waals surface area contributed by atoms with Crippen molar-refractivity contribution < 1.29 is 13.2 Å². The Morgan fingerprint density at radius 2 is 2.19 bits per heavy atom. The Labute approximate surface area is 91.7 Å². The van der Waals surface area contributed by atoms with Crippen LogP contribution in [0, 0.1) is 5.92 Å². The van der Waals surface area contributed by atoms with E-state index < -0.39 is 12.1 Å². The molecule has 16 heavy (non-hydrogen) atoms. The van der Waals surface area contributed by atoms with E-state index in [1.54, 1.807) is 12.4 Å². The minimum Gasteiger partial charge on any atom is -0.337 e. The van der Waals surface area contributed by atoms with Gasteiger partial charge in [-0.2, -0.15) is 13.2 Å². The van der Waals surface area contributed by atoms with Crippen LogP contribution in [0.25, 0.3) is 0 Å². The Bertz CT molecular complexity index is 350. The van der Waals surface area contributed by atoms with Crippen LogP contribution in [0.2, 0.25) is 0 Å². The zero-order chi connectivity index (χ0) is 11.8. The summed E-state index contributed by atoms with van der Waals surface area (Å²) in [6.07, 6.45) is 0.0301. The van der Waals surface area contributed by atoms with E-state index in [0.29, 0.717) is 6.42 Å². The quantitative estimate of drug-likeness (QED) is 0.804. The van der Waals surface area contributed by atoms with E-state index in [2.05, 4.69) is 10.3 Å². The van der Waals surface area contributed by atoms with E-state index in [9.17, 15) is 13.2 Å². The number of halogens is 3. The first-order valence-corrected chi connectivity index (χ1v) is 5.26. The number of aromatic nitrogens is 2. The Balaban J connectivity index is 1.98. The second kappa shape index (κ2) is 4.08. The van der Waals surface area contributed by atoms with Gasteiger partial charge in [0.2, 0.25) is 0 Å². The SMILES string of the molecule is Cn1ccnc1C1CCC(C(F)(F)F)CN1. The normalized spacial score (nSPS) is 27.0. The van der Waals surface area contributed by atoms with Crippen LogP contribution in [0.15, 0.2) is 12.4 Å². The van der Waals surface area contributed by atoms with Gasteiger partial charge >= 0.3 is 6.18 Å². The molecule has 1 aromatic heterocycles. The monoisotopic (exact) mass is 233 g/mol. The fourth-order valence-electron chi connectivity index (χ4n) is 2.07. The summed E-state index contributed by atoms with van der Waals surface area (Å²) in [4.78, 5) is 4.15. The maximum absolute atomic E-state index is 12.4. The lowest BCUT2D eigenvalue weighted by Gasteiger charge is -2.30. The molecule has 6 heteroatoms. The highest BCUT2D eigenvalue weighted by Gasteiger charge is 2.41. The van der Waals surface area contributed by atoms with Gasteiger partial charge in [0.05, 0.1) is 12.0 Å². The number of nitrogens with one attached hydrogen (secondary N) is 1. The highest BCUT2D eigenvalue weighted by Crippen LogP contribution is 2.34. The van der Waals surface area contributed by atoms with Crippen molar-refractivity contribution in [3.8, 4) is 0 Å². The molecule has 90 valence electrons. The smallest absolute Gasteiger partial charge is 0.337 e. The van der Waals surface area contributed by atoms with Crippen LogP contribution in [0.5, 0.6) is 0 Å². The molecule has 0 radical (unpaired) electrons. The molecule has 2 heterocycles. The van der Waals surface area contributed by atoms with Gasteiger partial charge in [-0.3, -0.25) is 0 Å². The molecule has 1 aliphatic rings. The summed E-state index contributed by atoms with van der Waals surface area (Å²) in [5.74, 6) is -0.412. The Kier molecular flexibility index (Phi) is 2.92. The third kappa shape index (κ3) is 2.21. The average Bonchev–Trinajstić information content (AvgIpc) is 2.63. The zero-order valence-electron chi connectivity index (χ0n) is 8.96. The van der Waals surface area contributed by atoms with Crippen LogP contribution in [-0.4, -0.2) is 22.3 Å². The van der Waals surface area contributed by atoms with Gasteiger partial charge in [-0.1, -0.05) is 0 Å². The predicted molar refractivity (Wildman–Crippen MR) is 52.7 cm³/mol. The highest BCUT2D eigenvalue weighted by atomic mass is 19.4. The fraction of sp³-hybridized carbons (Fsp3) is 0.700. The number of alkyl halides is 3. The summed E-state index contributed by atoms with van der Waals surface area (Å²) in [7, 11) is 1.85. The topological polar surface area (TPSA) is 29.9 Å². The molecule has 2 unspecified atom stereocenters. The number of imidazole rings is 1. The number of piperidine rings is 1. The van der Waals surface area contributed by atoms with Crippen molar-refractivity contribution in [3.63, 3.8) is 0 Å². The molecule has 0 aromatic carbocycles. The number of nitrogens with zero attached hydrogens (tertiary/aromatic N) is 2. The van der Waals surface area contributed by atoms with Crippen molar-refractivity contribution in [3.05, 3.63) is 18.2 Å². The van der Waals surface area contributed by atoms with Crippen LogP contribution < -0.4 is 5.32 Å². The molecule has 1 aliphatic heterocycles. The zero-order valence-corrected chi connectivity index (χ0v) is 8.96. The lowest BCUT2D eigenvalue weighted by atomic mass is 9.94. The average molecular weight is 233 g/mol. The molecule has 1 N–H and O–H groups in total. The van der Waals surface area contributed by atoms with Crippen molar-refractivity contribution in [2.75, 3.05) is 6.54 Å². The Morgan fingerprint density at radius 3 is 2.62 bits per heavy atom. The third-order valence-electron chi connectivity index (χ3n) is 3.05. The summed E-state index contributed by atoms with van der Waals surface area (Å²) in [5.41, 5.74) is 0. The first-order valence-electron chi connectivity index (χ1n) is 5.26. The first kappa shape index (κ1) is 11.4. The van der Waals surface area contributed by atoms with Crippen LogP contribution in [-0.2, 0) is 7.05 Å². The lowest BCUT2D eigenvalue weighted by molar-refractivity contribution is -0.179. The number of aryl methyl sites for hydroxylation is 1. The van der Waals surface area contributed by atoms with E-state index in [1.165, 1.54) is 0 Å². The van der Waals surface area contributed by atoms with Gasteiger partial charge in [0.15, 0.2) is 0 Å². The first-order chi connectivity index (χ1) is 7.48. The highest BCUT2D eigenvalue weighted by molar-refractivity contribution is 5.00. The molecular weight excluding hydrogens is 219 g/mol. The molecule has 0 amide bonds. The standard InChI is InChI=1S/C10H14F3N3/c1-16-5-4-14-9(16)8-3-2-7(6-15-8)10(11,12)13/h4-5,7-8,15H,2-3,6H2,1H3.